The van der Waals surface area contributed by atoms with Crippen LogP contribution >= 0.6 is 23.7 Å². The fourth-order valence-electron chi connectivity index (χ4n) is 2.71. The summed E-state index contributed by atoms with van der Waals surface area (Å²) in [7, 11) is 0. The monoisotopic (exact) mass is 342 g/mol. The topological polar surface area (TPSA) is 54.2 Å². The number of nitrogens with one attached hydrogen (secondary N) is 1. The third-order valence-corrected chi connectivity index (χ3v) is 4.82. The second-order valence-electron chi connectivity index (χ2n) is 5.52. The number of aromatic nitrogens is 2. The van der Waals surface area contributed by atoms with E-state index in [-0.39, 0.29) is 12.4 Å². The Morgan fingerprint density at radius 3 is 2.91 bits per heavy atom. The smallest absolute Gasteiger partial charge is 0.241 e. The first kappa shape index (κ1) is 17.4. The summed E-state index contributed by atoms with van der Waals surface area (Å²) in [6.07, 6.45) is 2.50. The molecule has 7 heteroatoms. The Morgan fingerprint density at radius 2 is 2.23 bits per heavy atom. The summed E-state index contributed by atoms with van der Waals surface area (Å²) >= 11 is 1.64. The van der Waals surface area contributed by atoms with Crippen molar-refractivity contribution in [1.82, 2.24) is 20.4 Å². The van der Waals surface area contributed by atoms with E-state index in [9.17, 15) is 0 Å². The lowest BCUT2D eigenvalue weighted by molar-refractivity contribution is 0.158. The highest BCUT2D eigenvalue weighted by Gasteiger charge is 2.20. The van der Waals surface area contributed by atoms with Gasteiger partial charge in [0.25, 0.3) is 0 Å². The zero-order chi connectivity index (χ0) is 14.5. The molecule has 0 aliphatic carbocycles. The van der Waals surface area contributed by atoms with Gasteiger partial charge in [0.1, 0.15) is 0 Å². The van der Waals surface area contributed by atoms with Gasteiger partial charge >= 0.3 is 0 Å². The number of hydrogen-bond donors (Lipinski definition) is 1. The van der Waals surface area contributed by atoms with Crippen LogP contribution in [-0.2, 0) is 6.54 Å². The predicted molar refractivity (Wildman–Crippen MR) is 91.4 cm³/mol. The van der Waals surface area contributed by atoms with Gasteiger partial charge in [0.05, 0.1) is 11.4 Å². The number of nitrogens with zero attached hydrogens (tertiary/aromatic N) is 3. The highest BCUT2D eigenvalue weighted by Crippen LogP contribution is 2.22. The summed E-state index contributed by atoms with van der Waals surface area (Å²) in [4.78, 5) is 7.97. The maximum Gasteiger partial charge on any atom is 0.241 e. The van der Waals surface area contributed by atoms with Gasteiger partial charge in [-0.05, 0) is 56.4 Å². The van der Waals surface area contributed by atoms with Gasteiger partial charge in [-0.25, -0.2) is 0 Å². The van der Waals surface area contributed by atoms with E-state index in [2.05, 4.69) is 27.3 Å². The number of hydrogen-bond acceptors (Lipinski definition) is 6. The Bertz CT molecular complexity index is 537. The molecule has 1 N–H and O–H groups in total. The van der Waals surface area contributed by atoms with Crippen molar-refractivity contribution in [2.24, 2.45) is 5.92 Å². The van der Waals surface area contributed by atoms with E-state index in [1.165, 1.54) is 12.8 Å². The minimum absolute atomic E-state index is 0. The number of likely N-dealkylation sites (tertiary alicyclic amines) is 1. The van der Waals surface area contributed by atoms with Crippen molar-refractivity contribution in [3.8, 4) is 10.7 Å². The maximum absolute atomic E-state index is 5.37. The van der Waals surface area contributed by atoms with Gasteiger partial charge in [-0.2, -0.15) is 4.98 Å². The predicted octanol–water partition coefficient (Wildman–Crippen LogP) is 3.04. The number of piperidine rings is 1. The molecule has 0 radical (unpaired) electrons. The highest BCUT2D eigenvalue weighted by molar-refractivity contribution is 7.13. The first-order valence-electron chi connectivity index (χ1n) is 7.64. The highest BCUT2D eigenvalue weighted by atomic mass is 35.5. The van der Waals surface area contributed by atoms with Crippen LogP contribution in [0.5, 0.6) is 0 Å². The van der Waals surface area contributed by atoms with E-state index in [0.29, 0.717) is 5.82 Å². The van der Waals surface area contributed by atoms with Crippen LogP contribution in [0.4, 0.5) is 0 Å². The quantitative estimate of drug-likeness (QED) is 0.874. The normalized spacial score (nSPS) is 16.6. The summed E-state index contributed by atoms with van der Waals surface area (Å²) in [5, 5.41) is 9.54. The molecule has 0 unspecified atom stereocenters. The molecule has 1 aliphatic heterocycles. The van der Waals surface area contributed by atoms with E-state index in [1.807, 2.05) is 17.5 Å². The molecule has 1 fully saturated rings. The molecular formula is C15H23ClN4OS. The summed E-state index contributed by atoms with van der Waals surface area (Å²) in [6.45, 7) is 7.38. The first-order chi connectivity index (χ1) is 10.3. The van der Waals surface area contributed by atoms with Crippen LogP contribution in [0.25, 0.3) is 10.7 Å². The van der Waals surface area contributed by atoms with E-state index >= 15 is 0 Å². The Kier molecular flexibility index (Phi) is 6.82. The molecule has 0 aromatic carbocycles. The molecule has 3 heterocycles. The Balaban J connectivity index is 0.00000176. The maximum atomic E-state index is 5.37. The van der Waals surface area contributed by atoms with Crippen LogP contribution in [0.2, 0.25) is 0 Å². The molecule has 0 atom stereocenters. The zero-order valence-electron chi connectivity index (χ0n) is 12.8. The summed E-state index contributed by atoms with van der Waals surface area (Å²) < 4.78 is 5.37. The van der Waals surface area contributed by atoms with E-state index in [1.54, 1.807) is 11.3 Å². The Hall–Kier alpha value is -0.950. The third-order valence-electron chi connectivity index (χ3n) is 3.96. The van der Waals surface area contributed by atoms with Crippen molar-refractivity contribution in [2.45, 2.75) is 26.3 Å². The second kappa shape index (κ2) is 8.62. The lowest BCUT2D eigenvalue weighted by Gasteiger charge is -2.30. The van der Waals surface area contributed by atoms with Crippen LogP contribution in [0, 0.1) is 5.92 Å². The van der Waals surface area contributed by atoms with E-state index in [0.717, 1.165) is 49.4 Å². The molecule has 0 saturated carbocycles. The minimum Gasteiger partial charge on any atom is -0.338 e. The molecule has 22 heavy (non-hydrogen) atoms. The van der Waals surface area contributed by atoms with Crippen LogP contribution in [0.1, 0.15) is 25.7 Å². The van der Waals surface area contributed by atoms with Crippen molar-refractivity contribution in [3.05, 3.63) is 23.4 Å². The molecule has 122 valence electrons. The number of thiophene rings is 1. The van der Waals surface area contributed by atoms with Gasteiger partial charge in [-0.15, -0.1) is 23.7 Å². The number of halogens is 1. The minimum atomic E-state index is 0. The molecule has 2 aromatic heterocycles. The SMILES string of the molecule is CCNCC1CCN(Cc2nc(-c3cccs3)no2)CC1.Cl. The van der Waals surface area contributed by atoms with Gasteiger partial charge in [0.2, 0.25) is 11.7 Å². The van der Waals surface area contributed by atoms with Gasteiger partial charge in [-0.1, -0.05) is 18.1 Å². The van der Waals surface area contributed by atoms with Crippen molar-refractivity contribution in [3.63, 3.8) is 0 Å². The fourth-order valence-corrected chi connectivity index (χ4v) is 3.36. The molecule has 1 saturated heterocycles. The molecule has 1 aliphatic rings. The Labute approximate surface area is 141 Å². The first-order valence-corrected chi connectivity index (χ1v) is 8.52. The van der Waals surface area contributed by atoms with E-state index < -0.39 is 0 Å². The van der Waals surface area contributed by atoms with Crippen molar-refractivity contribution in [2.75, 3.05) is 26.2 Å². The van der Waals surface area contributed by atoms with Gasteiger partial charge in [0.15, 0.2) is 0 Å². The standard InChI is InChI=1S/C15H22N4OS.ClH/c1-2-16-10-12-5-7-19(8-6-12)11-14-17-15(18-20-14)13-4-3-9-21-13;/h3-4,9,12,16H,2,5-8,10-11H2,1H3;1H. The Morgan fingerprint density at radius 1 is 1.41 bits per heavy atom. The lowest BCUT2D eigenvalue weighted by atomic mass is 9.97. The van der Waals surface area contributed by atoms with Gasteiger partial charge in [-0.3, -0.25) is 4.90 Å². The van der Waals surface area contributed by atoms with Crippen molar-refractivity contribution < 1.29 is 4.52 Å². The molecule has 0 bridgehead atoms. The van der Waals surface area contributed by atoms with Gasteiger partial charge in [0, 0.05) is 0 Å². The number of rotatable bonds is 6. The molecule has 2 aromatic rings. The third kappa shape index (κ3) is 4.52. The van der Waals surface area contributed by atoms with Crippen molar-refractivity contribution in [1.29, 1.82) is 0 Å². The van der Waals surface area contributed by atoms with Crippen LogP contribution in [0.15, 0.2) is 22.0 Å². The van der Waals surface area contributed by atoms with Crippen LogP contribution in [0.3, 0.4) is 0 Å². The van der Waals surface area contributed by atoms with Gasteiger partial charge < -0.3 is 9.84 Å². The average molecular weight is 343 g/mol. The molecule has 5 nitrogen and oxygen atoms in total. The van der Waals surface area contributed by atoms with E-state index in [4.69, 9.17) is 4.52 Å². The van der Waals surface area contributed by atoms with Crippen LogP contribution < -0.4 is 5.32 Å². The lowest BCUT2D eigenvalue weighted by Crippen LogP contribution is -2.36. The molecule has 0 spiro atoms. The molecule has 0 amide bonds. The second-order valence-corrected chi connectivity index (χ2v) is 6.46. The summed E-state index contributed by atoms with van der Waals surface area (Å²) in [5.41, 5.74) is 0. The molecular weight excluding hydrogens is 320 g/mol. The fraction of sp³-hybridized carbons (Fsp3) is 0.600. The molecule has 3 rings (SSSR count). The average Bonchev–Trinajstić information content (AvgIpc) is 3.17. The summed E-state index contributed by atoms with van der Waals surface area (Å²) in [6, 6.07) is 4.02. The summed E-state index contributed by atoms with van der Waals surface area (Å²) in [5.74, 6) is 2.25. The largest absolute Gasteiger partial charge is 0.338 e. The van der Waals surface area contributed by atoms with Crippen molar-refractivity contribution >= 4 is 23.7 Å². The zero-order valence-corrected chi connectivity index (χ0v) is 14.5. The van der Waals surface area contributed by atoms with Crippen LogP contribution in [-0.4, -0.2) is 41.2 Å².